The molecule has 3 atom stereocenters. The quantitative estimate of drug-likeness (QED) is 0.558. The zero-order chi connectivity index (χ0) is 23.9. The number of hydrogen-bond acceptors (Lipinski definition) is 4. The number of likely N-dealkylation sites (tertiary alicyclic amines) is 1. The van der Waals surface area contributed by atoms with Gasteiger partial charge in [-0.25, -0.2) is 0 Å². The van der Waals surface area contributed by atoms with Crippen molar-refractivity contribution in [3.63, 3.8) is 0 Å². The van der Waals surface area contributed by atoms with Crippen molar-refractivity contribution in [1.82, 2.24) is 15.5 Å². The maximum absolute atomic E-state index is 13.2. The van der Waals surface area contributed by atoms with Crippen LogP contribution in [0.25, 0.3) is 0 Å². The maximum Gasteiger partial charge on any atom is 0.251 e. The largest absolute Gasteiger partial charge is 0.341 e. The van der Waals surface area contributed by atoms with Crippen LogP contribution in [0.2, 0.25) is 0 Å². The van der Waals surface area contributed by atoms with Crippen molar-refractivity contribution < 1.29 is 9.59 Å². The van der Waals surface area contributed by atoms with Gasteiger partial charge in [0.2, 0.25) is 5.91 Å². The molecule has 1 saturated heterocycles. The first-order valence-electron chi connectivity index (χ1n) is 12.4. The molecule has 34 heavy (non-hydrogen) atoms. The summed E-state index contributed by atoms with van der Waals surface area (Å²) < 4.78 is 0. The molecule has 2 amide bonds. The zero-order valence-electron chi connectivity index (χ0n) is 19.9. The Kier molecular flexibility index (Phi) is 7.97. The summed E-state index contributed by atoms with van der Waals surface area (Å²) in [6.07, 6.45) is 5.76. The normalized spacial score (nSPS) is 20.3. The molecule has 2 fully saturated rings. The lowest BCUT2D eigenvalue weighted by Gasteiger charge is -2.31. The van der Waals surface area contributed by atoms with Gasteiger partial charge in [0.15, 0.2) is 0 Å². The molecule has 1 aliphatic heterocycles. The van der Waals surface area contributed by atoms with Crippen LogP contribution in [0.3, 0.4) is 0 Å². The molecule has 1 aliphatic carbocycles. The van der Waals surface area contributed by atoms with Crippen LogP contribution in [-0.2, 0) is 4.79 Å². The molecule has 0 unspecified atom stereocenters. The van der Waals surface area contributed by atoms with Crippen molar-refractivity contribution in [2.24, 2.45) is 0 Å². The fourth-order valence-electron chi connectivity index (χ4n) is 4.73. The van der Waals surface area contributed by atoms with Gasteiger partial charge in [-0.3, -0.25) is 9.59 Å². The lowest BCUT2D eigenvalue weighted by Crippen LogP contribution is -2.50. The highest BCUT2D eigenvalue weighted by atomic mass is 16.2. The molecule has 0 spiro atoms. The van der Waals surface area contributed by atoms with E-state index in [1.165, 1.54) is 11.1 Å². The number of aryl methyl sites for hydroxylation is 1. The standard InChI is InChI=1S/C28H34N4O2/c1-20-7-11-22(12-8-20)24-18-26(24)30-15-5-6-25(28(34)32-16-3-2-4-17-32)31-27(33)23-13-9-21(19-29)10-14-23/h7-14,24-26,30H,2-6,15-18H2,1H3,(H,31,33)/t24-,25-,26+/m0/s1. The smallest absolute Gasteiger partial charge is 0.251 e. The highest BCUT2D eigenvalue weighted by Crippen LogP contribution is 2.40. The fraction of sp³-hybridized carbons (Fsp3) is 0.464. The van der Waals surface area contributed by atoms with Crippen LogP contribution in [0.4, 0.5) is 0 Å². The van der Waals surface area contributed by atoms with Crippen molar-refractivity contribution in [1.29, 1.82) is 5.26 Å². The van der Waals surface area contributed by atoms with Gasteiger partial charge in [0, 0.05) is 30.6 Å². The van der Waals surface area contributed by atoms with Gasteiger partial charge in [-0.15, -0.1) is 0 Å². The molecule has 2 N–H and O–H groups in total. The Labute approximate surface area is 202 Å². The van der Waals surface area contributed by atoms with E-state index in [1.807, 2.05) is 4.90 Å². The second-order valence-electron chi connectivity index (χ2n) is 9.56. The number of amides is 2. The average molecular weight is 459 g/mol. The summed E-state index contributed by atoms with van der Waals surface area (Å²) in [6, 6.07) is 17.3. The van der Waals surface area contributed by atoms with E-state index in [-0.39, 0.29) is 11.8 Å². The Morgan fingerprint density at radius 1 is 1.06 bits per heavy atom. The van der Waals surface area contributed by atoms with Gasteiger partial charge in [0.1, 0.15) is 6.04 Å². The number of carbonyl (C=O) groups is 2. The molecule has 4 rings (SSSR count). The van der Waals surface area contributed by atoms with E-state index >= 15 is 0 Å². The van der Waals surface area contributed by atoms with Crippen molar-refractivity contribution in [3.8, 4) is 6.07 Å². The minimum atomic E-state index is -0.532. The first kappa shape index (κ1) is 24.0. The van der Waals surface area contributed by atoms with Crippen molar-refractivity contribution in [2.75, 3.05) is 19.6 Å². The molecule has 0 aromatic heterocycles. The lowest BCUT2D eigenvalue weighted by atomic mass is 10.1. The molecule has 6 nitrogen and oxygen atoms in total. The zero-order valence-corrected chi connectivity index (χ0v) is 19.9. The summed E-state index contributed by atoms with van der Waals surface area (Å²) in [7, 11) is 0. The summed E-state index contributed by atoms with van der Waals surface area (Å²) in [4.78, 5) is 28.0. The predicted octanol–water partition coefficient (Wildman–Crippen LogP) is 3.90. The molecule has 178 valence electrons. The van der Waals surface area contributed by atoms with Crippen LogP contribution >= 0.6 is 0 Å². The summed E-state index contributed by atoms with van der Waals surface area (Å²) in [5, 5.41) is 15.6. The van der Waals surface area contributed by atoms with Crippen molar-refractivity contribution in [2.45, 2.75) is 63.5 Å². The minimum absolute atomic E-state index is 0.0191. The van der Waals surface area contributed by atoms with Gasteiger partial charge in [0.25, 0.3) is 5.91 Å². The SMILES string of the molecule is Cc1ccc([C@@H]2C[C@H]2NCCC[C@H](NC(=O)c2ccc(C#N)cc2)C(=O)N2CCCCC2)cc1. The average Bonchev–Trinajstić information content (AvgIpc) is 3.66. The minimum Gasteiger partial charge on any atom is -0.341 e. The number of nitrogens with zero attached hydrogens (tertiary/aromatic N) is 2. The topological polar surface area (TPSA) is 85.2 Å². The Morgan fingerprint density at radius 2 is 1.76 bits per heavy atom. The molecule has 0 radical (unpaired) electrons. The van der Waals surface area contributed by atoms with Crippen molar-refractivity contribution >= 4 is 11.8 Å². The molecular weight excluding hydrogens is 424 g/mol. The summed E-state index contributed by atoms with van der Waals surface area (Å²) >= 11 is 0. The third-order valence-corrected chi connectivity index (χ3v) is 6.92. The number of nitrogens with one attached hydrogen (secondary N) is 2. The third kappa shape index (κ3) is 6.24. The molecule has 0 bridgehead atoms. The molecule has 1 saturated carbocycles. The van der Waals surface area contributed by atoms with Gasteiger partial charge in [-0.2, -0.15) is 5.26 Å². The van der Waals surface area contributed by atoms with E-state index in [2.05, 4.69) is 47.9 Å². The Bertz CT molecular complexity index is 1020. The van der Waals surface area contributed by atoms with Gasteiger partial charge >= 0.3 is 0 Å². The molecule has 2 aromatic rings. The molecule has 2 aromatic carbocycles. The van der Waals surface area contributed by atoms with Gasteiger partial charge < -0.3 is 15.5 Å². The van der Waals surface area contributed by atoms with E-state index in [1.54, 1.807) is 24.3 Å². The second kappa shape index (κ2) is 11.3. The van der Waals surface area contributed by atoms with Crippen LogP contribution in [0, 0.1) is 18.3 Å². The fourth-order valence-corrected chi connectivity index (χ4v) is 4.73. The van der Waals surface area contributed by atoms with Crippen LogP contribution in [0.15, 0.2) is 48.5 Å². The predicted molar refractivity (Wildman–Crippen MR) is 132 cm³/mol. The van der Waals surface area contributed by atoms with Crippen LogP contribution in [0.5, 0.6) is 0 Å². The number of carbonyl (C=O) groups excluding carboxylic acids is 2. The number of piperidine rings is 1. The molecule has 1 heterocycles. The van der Waals surface area contributed by atoms with E-state index in [9.17, 15) is 9.59 Å². The monoisotopic (exact) mass is 458 g/mol. The van der Waals surface area contributed by atoms with Gasteiger partial charge in [-0.05, 0) is 81.8 Å². The van der Waals surface area contributed by atoms with Crippen LogP contribution in [0.1, 0.15) is 71.5 Å². The number of benzene rings is 2. The Hall–Kier alpha value is -3.17. The lowest BCUT2D eigenvalue weighted by molar-refractivity contribution is -0.134. The molecular formula is C28H34N4O2. The third-order valence-electron chi connectivity index (χ3n) is 6.92. The van der Waals surface area contributed by atoms with Gasteiger partial charge in [0.05, 0.1) is 11.6 Å². The van der Waals surface area contributed by atoms with Crippen LogP contribution in [-0.4, -0.2) is 48.4 Å². The summed E-state index contributed by atoms with van der Waals surface area (Å²) in [6.45, 7) is 4.46. The van der Waals surface area contributed by atoms with E-state index < -0.39 is 6.04 Å². The van der Waals surface area contributed by atoms with E-state index in [4.69, 9.17) is 5.26 Å². The number of nitriles is 1. The Morgan fingerprint density at radius 3 is 2.44 bits per heavy atom. The summed E-state index contributed by atoms with van der Waals surface area (Å²) in [5.74, 6) is 0.322. The Balaban J connectivity index is 1.30. The van der Waals surface area contributed by atoms with Crippen molar-refractivity contribution in [3.05, 3.63) is 70.8 Å². The number of rotatable bonds is 9. The second-order valence-corrected chi connectivity index (χ2v) is 9.56. The van der Waals surface area contributed by atoms with Crippen LogP contribution < -0.4 is 10.6 Å². The van der Waals surface area contributed by atoms with E-state index in [0.29, 0.717) is 29.5 Å². The number of hydrogen-bond donors (Lipinski definition) is 2. The molecule has 2 aliphatic rings. The first-order valence-corrected chi connectivity index (χ1v) is 12.4. The highest BCUT2D eigenvalue weighted by molar-refractivity contribution is 5.97. The highest BCUT2D eigenvalue weighted by Gasteiger charge is 2.37. The summed E-state index contributed by atoms with van der Waals surface area (Å²) in [5.41, 5.74) is 3.64. The van der Waals surface area contributed by atoms with Gasteiger partial charge in [-0.1, -0.05) is 29.8 Å². The van der Waals surface area contributed by atoms with E-state index in [0.717, 1.165) is 51.7 Å². The maximum atomic E-state index is 13.2. The first-order chi connectivity index (χ1) is 16.5. The molecule has 6 heteroatoms.